The van der Waals surface area contributed by atoms with Crippen LogP contribution in [0, 0.1) is 11.7 Å². The second kappa shape index (κ2) is 9.16. The molecule has 162 valence electrons. The van der Waals surface area contributed by atoms with Gasteiger partial charge in [0.1, 0.15) is 11.6 Å². The Kier molecular flexibility index (Phi) is 6.37. The molecule has 0 saturated carbocycles. The summed E-state index contributed by atoms with van der Waals surface area (Å²) in [6.07, 6.45) is 4.14. The van der Waals surface area contributed by atoms with Crippen molar-refractivity contribution in [2.45, 2.75) is 51.7 Å². The summed E-state index contributed by atoms with van der Waals surface area (Å²) < 4.78 is 19.0. The molecule has 0 bridgehead atoms. The van der Waals surface area contributed by atoms with Gasteiger partial charge < -0.3 is 14.5 Å². The predicted molar refractivity (Wildman–Crippen MR) is 117 cm³/mol. The molecule has 7 heteroatoms. The van der Waals surface area contributed by atoms with E-state index in [1.165, 1.54) is 12.1 Å². The van der Waals surface area contributed by atoms with Gasteiger partial charge in [-0.2, -0.15) is 4.98 Å². The smallest absolute Gasteiger partial charge is 0.254 e. The molecule has 0 aliphatic carbocycles. The Bertz CT molecular complexity index is 901. The third kappa shape index (κ3) is 5.01. The first-order chi connectivity index (χ1) is 14.5. The van der Waals surface area contributed by atoms with Crippen LogP contribution in [-0.4, -0.2) is 48.4 Å². The van der Waals surface area contributed by atoms with Gasteiger partial charge in [-0.25, -0.2) is 4.39 Å². The van der Waals surface area contributed by atoms with E-state index in [4.69, 9.17) is 9.72 Å². The summed E-state index contributed by atoms with van der Waals surface area (Å²) in [4.78, 5) is 24.7. The maximum Gasteiger partial charge on any atom is 0.254 e. The number of ether oxygens (including phenoxy) is 1. The quantitative estimate of drug-likeness (QED) is 0.831. The Labute approximate surface area is 177 Å². The largest absolute Gasteiger partial charge is 0.375 e. The number of anilines is 2. The molecular formula is C23H31FN4O2. The highest BCUT2D eigenvalue weighted by molar-refractivity contribution is 5.45. The van der Waals surface area contributed by atoms with Crippen LogP contribution in [0.3, 0.4) is 0 Å². The van der Waals surface area contributed by atoms with Crippen LogP contribution in [0.2, 0.25) is 0 Å². The SMILES string of the molecule is C[C@H]1CCCN(c2nc(N3CCO[C@H](C)C3)cc(=O)[nH]2)[C@@H](Cc2ccc(F)cc2)C1. The van der Waals surface area contributed by atoms with E-state index in [9.17, 15) is 9.18 Å². The van der Waals surface area contributed by atoms with E-state index in [-0.39, 0.29) is 23.5 Å². The highest BCUT2D eigenvalue weighted by atomic mass is 19.1. The number of halogens is 1. The Morgan fingerprint density at radius 3 is 2.80 bits per heavy atom. The zero-order chi connectivity index (χ0) is 21.1. The summed E-state index contributed by atoms with van der Waals surface area (Å²) in [5, 5.41) is 0. The maximum absolute atomic E-state index is 13.4. The molecule has 2 aliphatic heterocycles. The van der Waals surface area contributed by atoms with Gasteiger partial charge >= 0.3 is 0 Å². The summed E-state index contributed by atoms with van der Waals surface area (Å²) in [5.74, 6) is 1.72. The fourth-order valence-corrected chi connectivity index (χ4v) is 4.62. The Morgan fingerprint density at radius 1 is 1.23 bits per heavy atom. The molecule has 0 spiro atoms. The lowest BCUT2D eigenvalue weighted by atomic mass is 9.94. The van der Waals surface area contributed by atoms with E-state index in [0.717, 1.165) is 50.9 Å². The van der Waals surface area contributed by atoms with Crippen LogP contribution in [0.25, 0.3) is 0 Å². The fourth-order valence-electron chi connectivity index (χ4n) is 4.62. The lowest BCUT2D eigenvalue weighted by Gasteiger charge is -2.34. The number of aromatic nitrogens is 2. The van der Waals surface area contributed by atoms with Gasteiger partial charge in [0, 0.05) is 31.7 Å². The average molecular weight is 415 g/mol. The molecule has 0 amide bonds. The number of nitrogens with zero attached hydrogens (tertiary/aromatic N) is 3. The predicted octanol–water partition coefficient (Wildman–Crippen LogP) is 3.37. The molecule has 0 unspecified atom stereocenters. The minimum Gasteiger partial charge on any atom is -0.375 e. The Balaban J connectivity index is 1.63. The molecular weight excluding hydrogens is 383 g/mol. The highest BCUT2D eigenvalue weighted by Gasteiger charge is 2.27. The van der Waals surface area contributed by atoms with Crippen molar-refractivity contribution in [2.24, 2.45) is 5.92 Å². The molecule has 2 saturated heterocycles. The lowest BCUT2D eigenvalue weighted by Crippen LogP contribution is -2.43. The number of hydrogen-bond acceptors (Lipinski definition) is 5. The second-order valence-corrected chi connectivity index (χ2v) is 8.72. The van der Waals surface area contributed by atoms with E-state index in [1.807, 2.05) is 19.1 Å². The number of rotatable bonds is 4. The summed E-state index contributed by atoms with van der Waals surface area (Å²) in [5.41, 5.74) is 0.966. The molecule has 30 heavy (non-hydrogen) atoms. The molecule has 0 radical (unpaired) electrons. The monoisotopic (exact) mass is 414 g/mol. The van der Waals surface area contributed by atoms with Crippen LogP contribution in [0.15, 0.2) is 35.1 Å². The zero-order valence-electron chi connectivity index (χ0n) is 17.8. The molecule has 4 rings (SSSR count). The molecule has 6 nitrogen and oxygen atoms in total. The van der Waals surface area contributed by atoms with Crippen molar-refractivity contribution in [2.75, 3.05) is 36.0 Å². The minimum absolute atomic E-state index is 0.119. The normalized spacial score (nSPS) is 25.2. The van der Waals surface area contributed by atoms with Crippen molar-refractivity contribution in [3.05, 3.63) is 52.1 Å². The number of H-pyrrole nitrogens is 1. The van der Waals surface area contributed by atoms with Gasteiger partial charge in [0.05, 0.1) is 12.7 Å². The molecule has 1 N–H and O–H groups in total. The number of morpholine rings is 1. The summed E-state index contributed by atoms with van der Waals surface area (Å²) >= 11 is 0. The number of aromatic amines is 1. The van der Waals surface area contributed by atoms with E-state index >= 15 is 0 Å². The topological polar surface area (TPSA) is 61.5 Å². The third-order valence-corrected chi connectivity index (χ3v) is 6.15. The first-order valence-corrected chi connectivity index (χ1v) is 11.0. The van der Waals surface area contributed by atoms with Crippen LogP contribution in [0.4, 0.5) is 16.2 Å². The third-order valence-electron chi connectivity index (χ3n) is 6.15. The van der Waals surface area contributed by atoms with E-state index in [1.54, 1.807) is 6.07 Å². The summed E-state index contributed by atoms with van der Waals surface area (Å²) in [7, 11) is 0. The van der Waals surface area contributed by atoms with Crippen LogP contribution < -0.4 is 15.4 Å². The van der Waals surface area contributed by atoms with Gasteiger partial charge in [0.2, 0.25) is 5.95 Å². The second-order valence-electron chi connectivity index (χ2n) is 8.72. The first kappa shape index (κ1) is 20.8. The van der Waals surface area contributed by atoms with Crippen LogP contribution in [0.1, 0.15) is 38.7 Å². The van der Waals surface area contributed by atoms with Crippen LogP contribution >= 0.6 is 0 Å². The van der Waals surface area contributed by atoms with Gasteiger partial charge in [-0.05, 0) is 56.2 Å². The van der Waals surface area contributed by atoms with Crippen molar-refractivity contribution in [1.29, 1.82) is 0 Å². The average Bonchev–Trinajstić information content (AvgIpc) is 2.90. The van der Waals surface area contributed by atoms with E-state index < -0.39 is 0 Å². The van der Waals surface area contributed by atoms with Crippen molar-refractivity contribution < 1.29 is 9.13 Å². The molecule has 3 atom stereocenters. The number of hydrogen-bond donors (Lipinski definition) is 1. The van der Waals surface area contributed by atoms with Crippen LogP contribution in [0.5, 0.6) is 0 Å². The Morgan fingerprint density at radius 2 is 2.03 bits per heavy atom. The molecule has 2 aliphatic rings. The van der Waals surface area contributed by atoms with E-state index in [2.05, 4.69) is 21.7 Å². The van der Waals surface area contributed by atoms with Crippen molar-refractivity contribution in [1.82, 2.24) is 9.97 Å². The van der Waals surface area contributed by atoms with Gasteiger partial charge in [-0.15, -0.1) is 0 Å². The molecule has 2 aromatic rings. The number of nitrogens with one attached hydrogen (secondary N) is 1. The molecule has 1 aromatic carbocycles. The van der Waals surface area contributed by atoms with Gasteiger partial charge in [0.15, 0.2) is 0 Å². The minimum atomic E-state index is -0.219. The summed E-state index contributed by atoms with van der Waals surface area (Å²) in [6.45, 7) is 7.27. The first-order valence-electron chi connectivity index (χ1n) is 11.0. The number of benzene rings is 1. The lowest BCUT2D eigenvalue weighted by molar-refractivity contribution is 0.0529. The van der Waals surface area contributed by atoms with E-state index in [0.29, 0.717) is 24.3 Å². The Hall–Kier alpha value is -2.41. The maximum atomic E-state index is 13.4. The molecule has 3 heterocycles. The van der Waals surface area contributed by atoms with Crippen LogP contribution in [-0.2, 0) is 11.2 Å². The van der Waals surface area contributed by atoms with Crippen molar-refractivity contribution >= 4 is 11.8 Å². The van der Waals surface area contributed by atoms with Crippen molar-refractivity contribution in [3.63, 3.8) is 0 Å². The van der Waals surface area contributed by atoms with Gasteiger partial charge in [-0.3, -0.25) is 9.78 Å². The summed E-state index contributed by atoms with van der Waals surface area (Å²) in [6, 6.07) is 8.52. The van der Waals surface area contributed by atoms with Gasteiger partial charge in [0.25, 0.3) is 5.56 Å². The molecule has 2 fully saturated rings. The highest BCUT2D eigenvalue weighted by Crippen LogP contribution is 2.28. The molecule has 1 aromatic heterocycles. The van der Waals surface area contributed by atoms with Gasteiger partial charge in [-0.1, -0.05) is 19.1 Å². The van der Waals surface area contributed by atoms with Crippen molar-refractivity contribution in [3.8, 4) is 0 Å². The standard InChI is InChI=1S/C23H31FN4O2/c1-16-4-3-9-28(20(12-16)13-18-5-7-19(24)8-6-18)23-25-21(14-22(29)26-23)27-10-11-30-17(2)15-27/h5-8,14,16-17,20H,3-4,9-13,15H2,1-2H3,(H,25,26,29)/t16-,17+,20+/m0/s1. The zero-order valence-corrected chi connectivity index (χ0v) is 17.8. The fraction of sp³-hybridized carbons (Fsp3) is 0.565.